The summed E-state index contributed by atoms with van der Waals surface area (Å²) in [4.78, 5) is 23.8. The van der Waals surface area contributed by atoms with Gasteiger partial charge in [0.15, 0.2) is 5.78 Å². The molecule has 3 N–H and O–H groups in total. The fourth-order valence-corrected chi connectivity index (χ4v) is 2.43. The highest BCUT2D eigenvalue weighted by molar-refractivity contribution is 6.43. The van der Waals surface area contributed by atoms with E-state index < -0.39 is 54.3 Å². The molecule has 0 saturated carbocycles. The van der Waals surface area contributed by atoms with Gasteiger partial charge in [-0.1, -0.05) is 13.8 Å². The molecule has 0 heterocycles. The van der Waals surface area contributed by atoms with Gasteiger partial charge in [0, 0.05) is 12.2 Å². The zero-order valence-electron chi connectivity index (χ0n) is 14.3. The quantitative estimate of drug-likeness (QED) is 0.480. The van der Waals surface area contributed by atoms with E-state index in [2.05, 4.69) is 5.32 Å². The van der Waals surface area contributed by atoms with Crippen LogP contribution < -0.4 is 5.32 Å². The molecule has 1 rings (SSSR count). The summed E-state index contributed by atoms with van der Waals surface area (Å²) >= 11 is 0. The predicted octanol–water partition coefficient (Wildman–Crippen LogP) is 2.42. The molecule has 1 aromatic rings. The van der Waals surface area contributed by atoms with Gasteiger partial charge < -0.3 is 15.4 Å². The van der Waals surface area contributed by atoms with Crippen LogP contribution in [0.3, 0.4) is 0 Å². The molecule has 1 atom stereocenters. The van der Waals surface area contributed by atoms with E-state index in [4.69, 9.17) is 0 Å². The second-order valence-electron chi connectivity index (χ2n) is 6.42. The van der Waals surface area contributed by atoms with Crippen LogP contribution in [0.4, 0.5) is 17.6 Å². The van der Waals surface area contributed by atoms with Gasteiger partial charge in [-0.3, -0.25) is 9.59 Å². The first-order chi connectivity index (χ1) is 11.9. The normalized spacial score (nSPS) is 12.8. The number of hydrogen-bond acceptors (Lipinski definition) is 4. The van der Waals surface area contributed by atoms with Crippen molar-refractivity contribution in [3.63, 3.8) is 0 Å². The zero-order chi connectivity index (χ0) is 20.1. The number of amides is 1. The minimum Gasteiger partial charge on any atom is -0.427 e. The molecule has 0 spiro atoms. The van der Waals surface area contributed by atoms with Crippen molar-refractivity contribution < 1.29 is 37.2 Å². The van der Waals surface area contributed by atoms with E-state index in [9.17, 15) is 37.2 Å². The minimum absolute atomic E-state index is 0.100. The number of rotatable bonds is 8. The van der Waals surface area contributed by atoms with Crippen molar-refractivity contribution in [2.24, 2.45) is 5.92 Å². The summed E-state index contributed by atoms with van der Waals surface area (Å²) in [5.74, 6) is -3.49. The van der Waals surface area contributed by atoms with Crippen molar-refractivity contribution in [1.29, 1.82) is 0 Å². The monoisotopic (exact) mass is 377 g/mol. The Morgan fingerprint density at radius 2 is 1.85 bits per heavy atom. The van der Waals surface area contributed by atoms with Gasteiger partial charge in [-0.05, 0) is 30.5 Å². The fourth-order valence-electron chi connectivity index (χ4n) is 2.43. The molecular weight excluding hydrogens is 357 g/mol. The summed E-state index contributed by atoms with van der Waals surface area (Å²) < 4.78 is 51.5. The first kappa shape index (κ1) is 22.1. The van der Waals surface area contributed by atoms with Gasteiger partial charge in [-0.15, -0.1) is 0 Å². The summed E-state index contributed by atoms with van der Waals surface area (Å²) in [6.45, 7) is 3.10. The molecular formula is C16H20BF4NO4. The Kier molecular flexibility index (Phi) is 7.77. The molecule has 5 nitrogen and oxygen atoms in total. The minimum atomic E-state index is -4.74. The number of carbonyl (C=O) groups excluding carboxylic acids is 2. The predicted molar refractivity (Wildman–Crippen MR) is 86.8 cm³/mol. The Hall–Kier alpha value is -1.94. The van der Waals surface area contributed by atoms with Crippen molar-refractivity contribution >= 4 is 18.8 Å². The number of halogens is 4. The maximum Gasteiger partial charge on any atom is 0.455 e. The smallest absolute Gasteiger partial charge is 0.427 e. The van der Waals surface area contributed by atoms with Crippen LogP contribution in [0.1, 0.15) is 42.6 Å². The number of alkyl halides is 3. The molecule has 1 aromatic carbocycles. The van der Waals surface area contributed by atoms with Crippen molar-refractivity contribution in [3.05, 3.63) is 35.1 Å². The summed E-state index contributed by atoms with van der Waals surface area (Å²) in [6, 6.07) is 1.41. The van der Waals surface area contributed by atoms with Crippen LogP contribution in [0.15, 0.2) is 18.2 Å². The van der Waals surface area contributed by atoms with Crippen LogP contribution >= 0.6 is 0 Å². The Labute approximate surface area is 148 Å². The molecule has 1 amide bonds. The van der Waals surface area contributed by atoms with E-state index in [0.29, 0.717) is 24.6 Å². The number of Topliss-reactive ketones (excluding diaryl/α,β-unsaturated/α-hetero) is 1. The third-order valence-electron chi connectivity index (χ3n) is 3.67. The molecule has 0 fully saturated rings. The molecule has 0 aliphatic heterocycles. The van der Waals surface area contributed by atoms with Gasteiger partial charge in [0.05, 0.1) is 17.7 Å². The molecule has 0 bridgehead atoms. The average molecular weight is 377 g/mol. The first-order valence-electron chi connectivity index (χ1n) is 7.94. The van der Waals surface area contributed by atoms with Crippen LogP contribution in [-0.2, 0) is 11.0 Å². The third kappa shape index (κ3) is 6.76. The average Bonchev–Trinajstić information content (AvgIpc) is 2.50. The first-order valence-corrected chi connectivity index (χ1v) is 7.94. The zero-order valence-corrected chi connectivity index (χ0v) is 14.3. The summed E-state index contributed by atoms with van der Waals surface area (Å²) in [5.41, 5.74) is -2.01. The summed E-state index contributed by atoms with van der Waals surface area (Å²) in [6.07, 6.45) is -4.61. The van der Waals surface area contributed by atoms with E-state index in [0.717, 1.165) is 0 Å². The molecule has 0 aliphatic carbocycles. The molecule has 0 saturated heterocycles. The van der Waals surface area contributed by atoms with Crippen LogP contribution in [0.2, 0.25) is 5.82 Å². The topological polar surface area (TPSA) is 86.6 Å². The van der Waals surface area contributed by atoms with Crippen LogP contribution in [0.25, 0.3) is 0 Å². The van der Waals surface area contributed by atoms with Gasteiger partial charge in [0.1, 0.15) is 5.82 Å². The van der Waals surface area contributed by atoms with E-state index >= 15 is 0 Å². The van der Waals surface area contributed by atoms with Crippen molar-refractivity contribution in [2.45, 2.75) is 38.7 Å². The Morgan fingerprint density at radius 1 is 1.23 bits per heavy atom. The fraction of sp³-hybridized carbons (Fsp3) is 0.500. The van der Waals surface area contributed by atoms with E-state index in [-0.39, 0.29) is 12.3 Å². The van der Waals surface area contributed by atoms with E-state index in [1.54, 1.807) is 0 Å². The highest BCUT2D eigenvalue weighted by Crippen LogP contribution is 2.30. The maximum absolute atomic E-state index is 13.6. The molecule has 0 unspecified atom stereocenters. The lowest BCUT2D eigenvalue weighted by molar-refractivity contribution is -0.137. The lowest BCUT2D eigenvalue weighted by Gasteiger charge is -2.17. The maximum atomic E-state index is 13.6. The third-order valence-corrected chi connectivity index (χ3v) is 3.67. The highest BCUT2D eigenvalue weighted by atomic mass is 19.4. The van der Waals surface area contributed by atoms with Crippen LogP contribution in [0, 0.1) is 11.7 Å². The van der Waals surface area contributed by atoms with Crippen molar-refractivity contribution in [2.75, 3.05) is 6.54 Å². The number of hydrogen-bond donors (Lipinski definition) is 3. The van der Waals surface area contributed by atoms with Crippen LogP contribution in [-0.4, -0.2) is 35.4 Å². The van der Waals surface area contributed by atoms with E-state index in [1.807, 2.05) is 13.8 Å². The molecule has 10 heteroatoms. The van der Waals surface area contributed by atoms with Crippen molar-refractivity contribution in [3.8, 4) is 0 Å². The molecule has 144 valence electrons. The lowest BCUT2D eigenvalue weighted by atomic mass is 9.66. The Balaban J connectivity index is 2.73. The Bertz CT molecular complexity index is 650. The van der Waals surface area contributed by atoms with Crippen molar-refractivity contribution in [1.82, 2.24) is 5.32 Å². The molecule has 0 aliphatic rings. The highest BCUT2D eigenvalue weighted by Gasteiger charge is 2.32. The van der Waals surface area contributed by atoms with Gasteiger partial charge in [0.25, 0.3) is 5.91 Å². The summed E-state index contributed by atoms with van der Waals surface area (Å²) in [7, 11) is -1.71. The van der Waals surface area contributed by atoms with E-state index in [1.165, 1.54) is 0 Å². The number of nitrogens with one attached hydrogen (secondary N) is 1. The van der Waals surface area contributed by atoms with Crippen LogP contribution in [0.5, 0.6) is 0 Å². The SMILES string of the molecule is CC(C)C[C@H](CC(=O)CNC(=O)c1cc(C(F)(F)F)ccc1F)B(O)O. The standard InChI is InChI=1S/C16H20BF4NO4/c1-9(2)5-11(17(25)26)7-12(23)8-22-15(24)13-6-10(16(19,20)21)3-4-14(13)18/h3-4,6,9,11,25-26H,5,7-8H2,1-2H3,(H,22,24)/t11-/m1/s1. The second kappa shape index (κ2) is 9.13. The number of carbonyl (C=O) groups is 2. The largest absolute Gasteiger partial charge is 0.455 e. The lowest BCUT2D eigenvalue weighted by Crippen LogP contribution is -2.32. The van der Waals surface area contributed by atoms with Gasteiger partial charge in [-0.2, -0.15) is 13.2 Å². The molecule has 0 radical (unpaired) electrons. The molecule has 0 aromatic heterocycles. The number of benzene rings is 1. The van der Waals surface area contributed by atoms with Gasteiger partial charge in [-0.25, -0.2) is 4.39 Å². The molecule has 26 heavy (non-hydrogen) atoms. The number of ketones is 1. The second-order valence-corrected chi connectivity index (χ2v) is 6.42. The summed E-state index contributed by atoms with van der Waals surface area (Å²) in [5, 5.41) is 20.6. The van der Waals surface area contributed by atoms with Gasteiger partial charge >= 0.3 is 13.3 Å². The van der Waals surface area contributed by atoms with Gasteiger partial charge in [0.2, 0.25) is 0 Å². The Morgan fingerprint density at radius 3 is 2.35 bits per heavy atom.